The molecule has 10 nitrogen and oxygen atoms in total. The number of nitrogens with one attached hydrogen (secondary N) is 1. The van der Waals surface area contributed by atoms with Crippen LogP contribution in [0.2, 0.25) is 0 Å². The monoisotopic (exact) mass is 704 g/mol. The molecular formula is C39H50F2N6O4. The van der Waals surface area contributed by atoms with Gasteiger partial charge in [-0.05, 0) is 106 Å². The number of rotatable bonds is 10. The Bertz CT molecular complexity index is 1610. The number of alkyl carbamates (subject to hydrolysis) is 1. The summed E-state index contributed by atoms with van der Waals surface area (Å²) in [7, 11) is 1.39. The molecule has 3 atom stereocenters. The topological polar surface area (TPSA) is 101 Å². The fourth-order valence-electron chi connectivity index (χ4n) is 9.61. The van der Waals surface area contributed by atoms with E-state index in [1.807, 2.05) is 11.0 Å². The van der Waals surface area contributed by atoms with Gasteiger partial charge in [-0.3, -0.25) is 9.69 Å². The molecule has 5 fully saturated rings. The number of carbonyl (C=O) groups is 2. The number of anilines is 1. The highest BCUT2D eigenvalue weighted by Crippen LogP contribution is 2.51. The van der Waals surface area contributed by atoms with Crippen LogP contribution in [0.5, 0.6) is 0 Å². The number of benzene rings is 2. The van der Waals surface area contributed by atoms with Crippen molar-refractivity contribution in [2.45, 2.75) is 55.7 Å². The Labute approximate surface area is 299 Å². The summed E-state index contributed by atoms with van der Waals surface area (Å²) in [6.45, 7) is 6.98. The maximum atomic E-state index is 16.3. The van der Waals surface area contributed by atoms with Crippen LogP contribution in [0.3, 0.4) is 0 Å². The van der Waals surface area contributed by atoms with Crippen molar-refractivity contribution in [3.8, 4) is 6.07 Å². The summed E-state index contributed by atoms with van der Waals surface area (Å²) in [6.07, 6.45) is 5.22. The second-order valence-electron chi connectivity index (χ2n) is 15.3. The lowest BCUT2D eigenvalue weighted by atomic mass is 9.57. The molecule has 2 aromatic rings. The van der Waals surface area contributed by atoms with Crippen LogP contribution in [-0.4, -0.2) is 124 Å². The van der Waals surface area contributed by atoms with E-state index in [1.165, 1.54) is 13.2 Å². The molecule has 7 rings (SSSR count). The molecular weight excluding hydrogens is 654 g/mol. The average molecular weight is 705 g/mol. The zero-order chi connectivity index (χ0) is 35.6. The molecule has 4 saturated heterocycles. The van der Waals surface area contributed by atoms with Gasteiger partial charge < -0.3 is 29.5 Å². The number of nitrogens with zero attached hydrogens (tertiary/aromatic N) is 5. The summed E-state index contributed by atoms with van der Waals surface area (Å²) < 4.78 is 41.7. The lowest BCUT2D eigenvalue weighted by molar-refractivity contribution is 0.00584. The van der Waals surface area contributed by atoms with E-state index in [-0.39, 0.29) is 48.1 Å². The minimum atomic E-state index is -1.40. The second kappa shape index (κ2) is 15.1. The van der Waals surface area contributed by atoms with Gasteiger partial charge in [-0.25, -0.2) is 13.6 Å². The van der Waals surface area contributed by atoms with Crippen LogP contribution in [0.1, 0.15) is 60.0 Å². The van der Waals surface area contributed by atoms with E-state index in [0.717, 1.165) is 82.5 Å². The zero-order valence-corrected chi connectivity index (χ0v) is 29.6. The van der Waals surface area contributed by atoms with E-state index in [0.29, 0.717) is 44.0 Å². The Morgan fingerprint density at radius 2 is 1.76 bits per heavy atom. The number of piperidine rings is 1. The number of carbonyl (C=O) groups excluding carboxylic acids is 2. The molecule has 1 saturated carbocycles. The Morgan fingerprint density at radius 3 is 2.43 bits per heavy atom. The Balaban J connectivity index is 1.05. The molecule has 0 unspecified atom stereocenters. The van der Waals surface area contributed by atoms with E-state index in [2.05, 4.69) is 27.3 Å². The molecule has 274 valence electrons. The van der Waals surface area contributed by atoms with Crippen LogP contribution in [0.25, 0.3) is 0 Å². The maximum absolute atomic E-state index is 16.3. The summed E-state index contributed by atoms with van der Waals surface area (Å²) in [5.74, 6) is -0.0893. The Morgan fingerprint density at radius 1 is 1.00 bits per heavy atom. The lowest BCUT2D eigenvalue weighted by Gasteiger charge is -2.54. The van der Waals surface area contributed by atoms with Crippen molar-refractivity contribution in [3.63, 3.8) is 0 Å². The summed E-state index contributed by atoms with van der Waals surface area (Å²) in [6, 6.07) is 14.4. The van der Waals surface area contributed by atoms with E-state index >= 15 is 4.39 Å². The highest BCUT2D eigenvalue weighted by Gasteiger charge is 2.54. The predicted octanol–water partition coefficient (Wildman–Crippen LogP) is 4.58. The fourth-order valence-corrected chi connectivity index (χ4v) is 9.61. The molecule has 2 aromatic carbocycles. The van der Waals surface area contributed by atoms with Gasteiger partial charge in [0.2, 0.25) is 0 Å². The molecule has 0 spiro atoms. The number of hydrogen-bond acceptors (Lipinski definition) is 8. The van der Waals surface area contributed by atoms with Crippen molar-refractivity contribution < 1.29 is 27.8 Å². The number of likely N-dealkylation sites (tertiary alicyclic amines) is 2. The Kier molecular flexibility index (Phi) is 10.5. The van der Waals surface area contributed by atoms with Gasteiger partial charge in [-0.15, -0.1) is 0 Å². The van der Waals surface area contributed by atoms with Gasteiger partial charge in [0.1, 0.15) is 5.82 Å². The summed E-state index contributed by atoms with van der Waals surface area (Å²) in [5.41, 5.74) is 0.647. The van der Waals surface area contributed by atoms with Crippen molar-refractivity contribution >= 4 is 17.7 Å². The smallest absolute Gasteiger partial charge is 0.407 e. The normalized spacial score (nSPS) is 25.3. The van der Waals surface area contributed by atoms with Gasteiger partial charge >= 0.3 is 6.09 Å². The molecule has 51 heavy (non-hydrogen) atoms. The molecule has 12 heteroatoms. The highest BCUT2D eigenvalue weighted by molar-refractivity contribution is 5.97. The molecule has 0 radical (unpaired) electrons. The summed E-state index contributed by atoms with van der Waals surface area (Å²) in [4.78, 5) is 34.1. The number of amides is 2. The van der Waals surface area contributed by atoms with Crippen molar-refractivity contribution in [3.05, 3.63) is 65.0 Å². The van der Waals surface area contributed by atoms with Gasteiger partial charge in [0, 0.05) is 43.3 Å². The third-order valence-electron chi connectivity index (χ3n) is 12.3. The number of alkyl halides is 1. The maximum Gasteiger partial charge on any atom is 0.407 e. The average Bonchev–Trinajstić information content (AvgIpc) is 3.58. The van der Waals surface area contributed by atoms with Crippen LogP contribution in [-0.2, 0) is 14.9 Å². The molecule has 2 amide bonds. The van der Waals surface area contributed by atoms with Gasteiger partial charge in [0.25, 0.3) is 5.91 Å². The minimum Gasteiger partial charge on any atom is -0.453 e. The van der Waals surface area contributed by atoms with Crippen LogP contribution >= 0.6 is 0 Å². The number of ether oxygens (including phenoxy) is 2. The quantitative estimate of drug-likeness (QED) is 0.384. The molecule has 5 aliphatic rings. The molecule has 1 N–H and O–H groups in total. The molecule has 4 aliphatic heterocycles. The van der Waals surface area contributed by atoms with Gasteiger partial charge in [-0.1, -0.05) is 18.6 Å². The number of nitriles is 1. The number of morpholine rings is 1. The highest BCUT2D eigenvalue weighted by atomic mass is 19.1. The standard InChI is InChI=1S/C39H50F2N6O4/c1-50-37(49)43-35-8-3-7-34(35)39(27-44-13-4-14-44,30-5-2-6-31(40)21-30)29-11-15-45(16-12-29)24-38(41)25-47(26-38)32-10-9-28(23-42)33(22-32)36(48)46-17-19-51-20-18-46/h2,5-6,9-10,21-22,29,34-35H,3-4,7-8,11-20,24-27H2,1H3,(H,43,49)/t34-,35-,39-/m0/s1. The van der Waals surface area contributed by atoms with Gasteiger partial charge in [0.05, 0.1) is 50.6 Å². The van der Waals surface area contributed by atoms with Crippen molar-refractivity contribution in [2.24, 2.45) is 11.8 Å². The number of methoxy groups -OCH3 is 1. The number of halogens is 2. The van der Waals surface area contributed by atoms with Crippen molar-refractivity contribution in [2.75, 3.05) is 90.7 Å². The van der Waals surface area contributed by atoms with Crippen LogP contribution < -0.4 is 10.2 Å². The van der Waals surface area contributed by atoms with E-state index in [9.17, 15) is 19.2 Å². The molecule has 1 aliphatic carbocycles. The lowest BCUT2D eigenvalue weighted by Crippen LogP contribution is -2.65. The van der Waals surface area contributed by atoms with Crippen LogP contribution in [0.4, 0.5) is 19.3 Å². The molecule has 0 bridgehead atoms. The number of hydrogen-bond donors (Lipinski definition) is 1. The third kappa shape index (κ3) is 7.30. The van der Waals surface area contributed by atoms with E-state index in [1.54, 1.807) is 29.2 Å². The van der Waals surface area contributed by atoms with Gasteiger partial charge in [-0.2, -0.15) is 5.26 Å². The van der Waals surface area contributed by atoms with E-state index < -0.39 is 11.8 Å². The summed E-state index contributed by atoms with van der Waals surface area (Å²) >= 11 is 0. The van der Waals surface area contributed by atoms with E-state index in [4.69, 9.17) is 9.47 Å². The van der Waals surface area contributed by atoms with Gasteiger partial charge in [0.15, 0.2) is 5.67 Å². The third-order valence-corrected chi connectivity index (χ3v) is 12.3. The fraction of sp³-hybridized carbons (Fsp3) is 0.615. The first-order valence-corrected chi connectivity index (χ1v) is 18.6. The van der Waals surface area contributed by atoms with Crippen molar-refractivity contribution in [1.82, 2.24) is 20.0 Å². The summed E-state index contributed by atoms with van der Waals surface area (Å²) in [5, 5.41) is 12.8. The zero-order valence-electron chi connectivity index (χ0n) is 29.6. The van der Waals surface area contributed by atoms with Crippen LogP contribution in [0, 0.1) is 29.0 Å². The first-order chi connectivity index (χ1) is 24.7. The van der Waals surface area contributed by atoms with Crippen molar-refractivity contribution in [1.29, 1.82) is 5.26 Å². The first-order valence-electron chi connectivity index (χ1n) is 18.6. The van der Waals surface area contributed by atoms with Crippen LogP contribution in [0.15, 0.2) is 42.5 Å². The largest absolute Gasteiger partial charge is 0.453 e. The molecule has 0 aromatic heterocycles. The predicted molar refractivity (Wildman–Crippen MR) is 189 cm³/mol. The second-order valence-corrected chi connectivity index (χ2v) is 15.3. The first kappa shape index (κ1) is 35.6. The minimum absolute atomic E-state index is 0.0676. The molecule has 4 heterocycles. The Hall–Kier alpha value is -3.79. The SMILES string of the molecule is COC(=O)N[C@H]1CCC[C@@H]1[C@](CN1CCC1)(c1cccc(F)c1)C1CCN(CC2(F)CN(c3ccc(C#N)c(C(=O)N4CCOCC4)c3)C2)CC1.